The number of aryl methyl sites for hydroxylation is 2. The molecule has 0 atom stereocenters. The largest absolute Gasteiger partial charge is 0.478 e. The first-order valence-electron chi connectivity index (χ1n) is 9.74. The van der Waals surface area contributed by atoms with E-state index in [-0.39, 0.29) is 10.6 Å². The van der Waals surface area contributed by atoms with Gasteiger partial charge >= 0.3 is 5.97 Å². The Balaban J connectivity index is 1.59. The highest BCUT2D eigenvalue weighted by Gasteiger charge is 2.17. The number of hydrogen-bond acceptors (Lipinski definition) is 5. The van der Waals surface area contributed by atoms with Gasteiger partial charge in [-0.05, 0) is 60.6 Å². The fraction of sp³-hybridized carbons (Fsp3) is 0.174. The van der Waals surface area contributed by atoms with Gasteiger partial charge in [0.25, 0.3) is 0 Å². The normalized spacial score (nSPS) is 13.2. The minimum absolute atomic E-state index is 0.0483. The van der Waals surface area contributed by atoms with E-state index in [0.29, 0.717) is 11.5 Å². The summed E-state index contributed by atoms with van der Waals surface area (Å²) in [5, 5.41) is 15.9. The fourth-order valence-corrected chi connectivity index (χ4v) is 5.10. The van der Waals surface area contributed by atoms with Crippen molar-refractivity contribution < 1.29 is 9.90 Å². The summed E-state index contributed by atoms with van der Waals surface area (Å²) in [5.41, 5.74) is 5.77. The Morgan fingerprint density at radius 2 is 1.90 bits per heavy atom. The van der Waals surface area contributed by atoms with E-state index < -0.39 is 5.97 Å². The highest BCUT2D eigenvalue weighted by Crippen LogP contribution is 2.39. The lowest BCUT2D eigenvalue weighted by molar-refractivity contribution is 0.0697. The number of nitrogens with zero attached hydrogens (tertiary/aromatic N) is 2. The number of nitrogens with one attached hydrogen (secondary N) is 1. The molecule has 150 valence electrons. The van der Waals surface area contributed by atoms with E-state index in [4.69, 9.17) is 11.6 Å². The first-order valence-corrected chi connectivity index (χ1v) is 11.0. The summed E-state index contributed by atoms with van der Waals surface area (Å²) in [6, 6.07) is 11.5. The lowest BCUT2D eigenvalue weighted by atomic mass is 9.89. The third-order valence-corrected chi connectivity index (χ3v) is 6.71. The standard InChI is InChI=1S/C23H18ClN3O2S/c24-19-8-7-16(10-17(19)23(28)29)27-21-20-18(11-30-22(20)26-12-25-21)15-6-5-13-3-1-2-4-14(13)9-15/h5-12H,1-4H2,(H,28,29)(H,25,26,27). The van der Waals surface area contributed by atoms with Crippen molar-refractivity contribution in [2.75, 3.05) is 5.32 Å². The van der Waals surface area contributed by atoms with Crippen LogP contribution in [0.1, 0.15) is 34.3 Å². The third kappa shape index (κ3) is 3.42. The maximum Gasteiger partial charge on any atom is 0.337 e. The fourth-order valence-electron chi connectivity index (χ4n) is 3.99. The molecule has 1 aliphatic rings. The minimum atomic E-state index is -1.07. The predicted octanol–water partition coefficient (Wildman–Crippen LogP) is 6.33. The van der Waals surface area contributed by atoms with Crippen molar-refractivity contribution in [2.24, 2.45) is 0 Å². The van der Waals surface area contributed by atoms with Crippen LogP contribution in [0.5, 0.6) is 0 Å². The van der Waals surface area contributed by atoms with Crippen molar-refractivity contribution >= 4 is 50.6 Å². The Bertz CT molecular complexity index is 1280. The summed E-state index contributed by atoms with van der Waals surface area (Å²) in [7, 11) is 0. The molecule has 7 heteroatoms. The number of fused-ring (bicyclic) bond motifs is 2. The molecule has 0 saturated heterocycles. The van der Waals surface area contributed by atoms with Gasteiger partial charge in [-0.1, -0.05) is 29.8 Å². The van der Waals surface area contributed by atoms with Gasteiger partial charge in [0.1, 0.15) is 17.0 Å². The summed E-state index contributed by atoms with van der Waals surface area (Å²) in [6.07, 6.45) is 6.29. The monoisotopic (exact) mass is 435 g/mol. The Hall–Kier alpha value is -2.96. The molecule has 2 aromatic carbocycles. The Morgan fingerprint density at radius 3 is 2.73 bits per heavy atom. The van der Waals surface area contributed by atoms with Crippen molar-refractivity contribution in [3.8, 4) is 11.1 Å². The summed E-state index contributed by atoms with van der Waals surface area (Å²) in [6.45, 7) is 0. The van der Waals surface area contributed by atoms with E-state index in [2.05, 4.69) is 38.9 Å². The van der Waals surface area contributed by atoms with Crippen LogP contribution < -0.4 is 5.32 Å². The molecule has 5 rings (SSSR count). The van der Waals surface area contributed by atoms with Gasteiger partial charge in [0.2, 0.25) is 0 Å². The number of aromatic nitrogens is 2. The number of carboxylic acids is 1. The summed E-state index contributed by atoms with van der Waals surface area (Å²) in [4.78, 5) is 21.2. The minimum Gasteiger partial charge on any atom is -0.478 e. The van der Waals surface area contributed by atoms with E-state index in [9.17, 15) is 9.90 Å². The number of aromatic carboxylic acids is 1. The molecule has 2 heterocycles. The zero-order valence-corrected chi connectivity index (χ0v) is 17.6. The number of carbonyl (C=O) groups is 1. The summed E-state index contributed by atoms with van der Waals surface area (Å²) in [5.74, 6) is -0.422. The summed E-state index contributed by atoms with van der Waals surface area (Å²) >= 11 is 7.58. The molecule has 4 aromatic rings. The molecule has 0 radical (unpaired) electrons. The van der Waals surface area contributed by atoms with E-state index in [1.54, 1.807) is 23.5 Å². The van der Waals surface area contributed by atoms with Gasteiger partial charge in [0.15, 0.2) is 0 Å². The zero-order chi connectivity index (χ0) is 20.7. The van der Waals surface area contributed by atoms with Gasteiger partial charge in [0, 0.05) is 16.6 Å². The zero-order valence-electron chi connectivity index (χ0n) is 16.0. The van der Waals surface area contributed by atoms with E-state index >= 15 is 0 Å². The highest BCUT2D eigenvalue weighted by atomic mass is 35.5. The van der Waals surface area contributed by atoms with Crippen molar-refractivity contribution in [3.63, 3.8) is 0 Å². The van der Waals surface area contributed by atoms with Crippen molar-refractivity contribution in [3.05, 3.63) is 69.8 Å². The second kappa shape index (κ2) is 7.70. The van der Waals surface area contributed by atoms with Crippen LogP contribution in [0.15, 0.2) is 48.1 Å². The molecule has 0 unspecified atom stereocenters. The maximum atomic E-state index is 11.4. The Kier molecular flexibility index (Phi) is 4.89. The average molecular weight is 436 g/mol. The van der Waals surface area contributed by atoms with E-state index in [1.165, 1.54) is 36.4 Å². The van der Waals surface area contributed by atoms with Crippen LogP contribution in [-0.4, -0.2) is 21.0 Å². The lowest BCUT2D eigenvalue weighted by Crippen LogP contribution is -2.02. The smallest absolute Gasteiger partial charge is 0.337 e. The summed E-state index contributed by atoms with van der Waals surface area (Å²) < 4.78 is 0. The molecule has 0 amide bonds. The van der Waals surface area contributed by atoms with Gasteiger partial charge in [-0.25, -0.2) is 14.8 Å². The first-order chi connectivity index (χ1) is 14.6. The lowest BCUT2D eigenvalue weighted by Gasteiger charge is -2.16. The number of rotatable bonds is 4. The molecule has 2 aromatic heterocycles. The molecule has 1 aliphatic carbocycles. The number of benzene rings is 2. The molecule has 0 bridgehead atoms. The van der Waals surface area contributed by atoms with Crippen molar-refractivity contribution in [1.82, 2.24) is 9.97 Å². The van der Waals surface area contributed by atoms with Gasteiger partial charge in [-0.3, -0.25) is 0 Å². The van der Waals surface area contributed by atoms with Crippen LogP contribution >= 0.6 is 22.9 Å². The Labute approximate surface area is 182 Å². The number of anilines is 2. The number of hydrogen-bond donors (Lipinski definition) is 2. The third-order valence-electron chi connectivity index (χ3n) is 5.49. The highest BCUT2D eigenvalue weighted by molar-refractivity contribution is 7.17. The topological polar surface area (TPSA) is 75.1 Å². The van der Waals surface area contributed by atoms with Gasteiger partial charge < -0.3 is 10.4 Å². The molecule has 2 N–H and O–H groups in total. The predicted molar refractivity (Wildman–Crippen MR) is 121 cm³/mol. The van der Waals surface area contributed by atoms with Crippen LogP contribution in [0.4, 0.5) is 11.5 Å². The molecular formula is C23H18ClN3O2S. The quantitative estimate of drug-likeness (QED) is 0.391. The molecule has 0 aliphatic heterocycles. The Morgan fingerprint density at radius 1 is 1.07 bits per heavy atom. The molecule has 5 nitrogen and oxygen atoms in total. The number of thiophene rings is 1. The van der Waals surface area contributed by atoms with E-state index in [1.807, 2.05) is 0 Å². The second-order valence-electron chi connectivity index (χ2n) is 7.37. The number of halogens is 1. The van der Waals surface area contributed by atoms with Gasteiger partial charge in [-0.2, -0.15) is 0 Å². The van der Waals surface area contributed by atoms with Crippen LogP contribution in [-0.2, 0) is 12.8 Å². The van der Waals surface area contributed by atoms with Crippen LogP contribution in [0.25, 0.3) is 21.3 Å². The molecule has 0 spiro atoms. The van der Waals surface area contributed by atoms with Crippen molar-refractivity contribution in [1.29, 1.82) is 0 Å². The first kappa shape index (κ1) is 19.0. The van der Waals surface area contributed by atoms with Crippen LogP contribution in [0.3, 0.4) is 0 Å². The van der Waals surface area contributed by atoms with E-state index in [0.717, 1.165) is 34.2 Å². The molecule has 0 fully saturated rings. The van der Waals surface area contributed by atoms with Crippen molar-refractivity contribution in [2.45, 2.75) is 25.7 Å². The SMILES string of the molecule is O=C(O)c1cc(Nc2ncnc3scc(-c4ccc5c(c4)CCCC5)c23)ccc1Cl. The maximum absolute atomic E-state index is 11.4. The van der Waals surface area contributed by atoms with Crippen LogP contribution in [0.2, 0.25) is 5.02 Å². The number of carboxylic acid groups (broad SMARTS) is 1. The molecule has 0 saturated carbocycles. The molecule has 30 heavy (non-hydrogen) atoms. The van der Waals surface area contributed by atoms with Gasteiger partial charge in [0.05, 0.1) is 16.0 Å². The second-order valence-corrected chi connectivity index (χ2v) is 8.63. The average Bonchev–Trinajstić information content (AvgIpc) is 3.20. The van der Waals surface area contributed by atoms with Crippen LogP contribution in [0, 0.1) is 0 Å². The van der Waals surface area contributed by atoms with Gasteiger partial charge in [-0.15, -0.1) is 11.3 Å². The molecular weight excluding hydrogens is 418 g/mol.